The van der Waals surface area contributed by atoms with Gasteiger partial charge in [-0.15, -0.1) is 0 Å². The predicted octanol–water partition coefficient (Wildman–Crippen LogP) is 1.64. The molecule has 0 radical (unpaired) electrons. The summed E-state index contributed by atoms with van der Waals surface area (Å²) in [5.74, 6) is -2.36. The molecule has 0 saturated carbocycles. The van der Waals surface area contributed by atoms with Crippen molar-refractivity contribution in [3.8, 4) is 11.5 Å². The molecule has 1 fully saturated rings. The highest BCUT2D eigenvalue weighted by Gasteiger charge is 2.72. The number of carbonyl (C=O) groups is 3. The third kappa shape index (κ3) is 4.02. The van der Waals surface area contributed by atoms with Crippen LogP contribution in [0, 0.1) is 0 Å². The minimum absolute atomic E-state index is 0.179. The van der Waals surface area contributed by atoms with E-state index in [1.54, 1.807) is 43.5 Å². The van der Waals surface area contributed by atoms with E-state index in [2.05, 4.69) is 4.90 Å². The first-order valence-corrected chi connectivity index (χ1v) is 13.5. The number of piperidine rings is 1. The molecule has 2 aromatic rings. The van der Waals surface area contributed by atoms with Crippen molar-refractivity contribution >= 4 is 17.9 Å². The predicted molar refractivity (Wildman–Crippen MR) is 141 cm³/mol. The Morgan fingerprint density at radius 1 is 1.17 bits per heavy atom. The zero-order valence-corrected chi connectivity index (χ0v) is 22.6. The number of methoxy groups -OCH3 is 1. The molecule has 11 nitrogen and oxygen atoms in total. The van der Waals surface area contributed by atoms with Gasteiger partial charge in [0.15, 0.2) is 23.7 Å². The van der Waals surface area contributed by atoms with Crippen LogP contribution >= 0.6 is 0 Å². The maximum atomic E-state index is 13.6. The van der Waals surface area contributed by atoms with E-state index >= 15 is 0 Å². The number of nitrogens with zero attached hydrogens (tertiary/aromatic N) is 1. The third-order valence-electron chi connectivity index (χ3n) is 8.99. The van der Waals surface area contributed by atoms with Gasteiger partial charge >= 0.3 is 17.9 Å². The first-order chi connectivity index (χ1) is 19.6. The fourth-order valence-corrected chi connectivity index (χ4v) is 7.06. The van der Waals surface area contributed by atoms with Crippen LogP contribution in [0.25, 0.3) is 0 Å². The number of benzene rings is 2. The van der Waals surface area contributed by atoms with Crippen LogP contribution in [-0.2, 0) is 35.7 Å². The summed E-state index contributed by atoms with van der Waals surface area (Å²) < 4.78 is 23.4. The van der Waals surface area contributed by atoms with Crippen LogP contribution in [0.15, 0.2) is 54.3 Å². The van der Waals surface area contributed by atoms with Gasteiger partial charge in [0, 0.05) is 23.6 Å². The second kappa shape index (κ2) is 9.86. The topological polar surface area (TPSA) is 152 Å². The Balaban J connectivity index is 1.35. The quantitative estimate of drug-likeness (QED) is 0.401. The number of esters is 2. The highest BCUT2D eigenvalue weighted by Crippen LogP contribution is 2.65. The Morgan fingerprint density at radius 3 is 2.63 bits per heavy atom. The normalized spacial score (nSPS) is 28.8. The van der Waals surface area contributed by atoms with Gasteiger partial charge in [-0.25, -0.2) is 9.59 Å². The van der Waals surface area contributed by atoms with E-state index in [-0.39, 0.29) is 18.2 Å². The summed E-state index contributed by atoms with van der Waals surface area (Å²) in [5.41, 5.74) is 0.146. The summed E-state index contributed by atoms with van der Waals surface area (Å²) in [7, 11) is 3.54. The second-order valence-corrected chi connectivity index (χ2v) is 11.0. The van der Waals surface area contributed by atoms with Crippen LogP contribution in [0.4, 0.5) is 0 Å². The van der Waals surface area contributed by atoms with Crippen LogP contribution in [0.1, 0.15) is 42.1 Å². The lowest BCUT2D eigenvalue weighted by Crippen LogP contribution is -2.74. The molecule has 3 N–H and O–H groups in total. The van der Waals surface area contributed by atoms with Gasteiger partial charge in [0.2, 0.25) is 6.10 Å². The fourth-order valence-electron chi connectivity index (χ4n) is 7.06. The number of likely N-dealkylation sites (N-methyl/N-ethyl adjacent to an activating group) is 1. The largest absolute Gasteiger partial charge is 0.493 e. The summed E-state index contributed by atoms with van der Waals surface area (Å²) in [5, 5.41) is 30.9. The Morgan fingerprint density at radius 2 is 1.93 bits per heavy atom. The van der Waals surface area contributed by atoms with Gasteiger partial charge in [-0.05, 0) is 44.1 Å². The summed E-state index contributed by atoms with van der Waals surface area (Å²) in [6.45, 7) is 0.695. The average Bonchev–Trinajstić information content (AvgIpc) is 3.31. The molecule has 2 aliphatic heterocycles. The number of aliphatic hydroxyl groups excluding tert-OH is 1. The lowest BCUT2D eigenvalue weighted by Gasteiger charge is -2.61. The van der Waals surface area contributed by atoms with Crippen molar-refractivity contribution in [3.05, 3.63) is 71.0 Å². The molecule has 2 aliphatic carbocycles. The SMILES string of the molecule is COc1ccc2c3c1O[C@H]1C(OC(=O)[C@@H](OC(=O)CC(O)C(=O)O)c4ccccc4)=CC[C@@]4(O)[C@@H](C2)N(C)CC[C@]314. The molecule has 0 amide bonds. The molecule has 2 bridgehead atoms. The molecule has 0 aromatic heterocycles. The van der Waals surface area contributed by atoms with E-state index in [9.17, 15) is 24.6 Å². The standard InChI is InChI=1S/C30H31NO10/c1-31-13-12-29-23-17-8-9-19(38-2)25(23)41-26(29)20(10-11-30(29,37)21(31)14-17)39-28(36)24(16-6-4-3-5-7-16)40-22(33)15-18(32)27(34)35/h3-10,18,21,24,26,32,37H,11-15H2,1-2H3,(H,34,35)/t18?,21-,24+,26+,29+,30-/m1/s1. The molecular weight excluding hydrogens is 534 g/mol. The Bertz CT molecular complexity index is 1440. The molecular formula is C30H31NO10. The number of carboxylic acids is 1. The summed E-state index contributed by atoms with van der Waals surface area (Å²) >= 11 is 0. The molecule has 4 aliphatic rings. The molecule has 11 heteroatoms. The van der Waals surface area contributed by atoms with Crippen molar-refractivity contribution in [2.24, 2.45) is 0 Å². The number of aliphatic hydroxyl groups is 2. The van der Waals surface area contributed by atoms with Gasteiger partial charge in [0.05, 0.1) is 24.5 Å². The van der Waals surface area contributed by atoms with E-state index in [0.717, 1.165) is 11.1 Å². The number of likely N-dealkylation sites (tertiary alicyclic amines) is 1. The number of aliphatic carboxylic acids is 1. The van der Waals surface area contributed by atoms with E-state index < -0.39 is 53.7 Å². The van der Waals surface area contributed by atoms with Gasteiger partial charge in [-0.1, -0.05) is 36.4 Å². The minimum Gasteiger partial charge on any atom is -0.493 e. The van der Waals surface area contributed by atoms with Crippen LogP contribution in [0.5, 0.6) is 11.5 Å². The number of rotatable bonds is 8. The maximum Gasteiger partial charge on any atom is 0.357 e. The van der Waals surface area contributed by atoms with E-state index in [1.807, 2.05) is 19.2 Å². The smallest absolute Gasteiger partial charge is 0.357 e. The number of carbonyl (C=O) groups excluding carboxylic acids is 2. The molecule has 41 heavy (non-hydrogen) atoms. The minimum atomic E-state index is -1.98. The number of ether oxygens (including phenoxy) is 4. The Hall–Kier alpha value is -3.93. The van der Waals surface area contributed by atoms with Gasteiger partial charge in [-0.2, -0.15) is 0 Å². The van der Waals surface area contributed by atoms with Crippen LogP contribution in [0.2, 0.25) is 0 Å². The lowest BCUT2D eigenvalue weighted by molar-refractivity contribution is -0.177. The maximum absolute atomic E-state index is 13.6. The van der Waals surface area contributed by atoms with Crippen molar-refractivity contribution in [1.29, 1.82) is 0 Å². The van der Waals surface area contributed by atoms with Gasteiger partial charge in [0.25, 0.3) is 0 Å². The molecule has 6 rings (SSSR count). The van der Waals surface area contributed by atoms with Crippen molar-refractivity contribution in [1.82, 2.24) is 4.90 Å². The lowest BCUT2D eigenvalue weighted by atomic mass is 9.50. The van der Waals surface area contributed by atoms with Crippen molar-refractivity contribution < 1.29 is 48.7 Å². The monoisotopic (exact) mass is 565 g/mol. The van der Waals surface area contributed by atoms with E-state index in [4.69, 9.17) is 24.1 Å². The summed E-state index contributed by atoms with van der Waals surface area (Å²) in [6, 6.07) is 11.8. The van der Waals surface area contributed by atoms with Crippen molar-refractivity contribution in [2.45, 2.75) is 61.1 Å². The Labute approximate surface area is 235 Å². The highest BCUT2D eigenvalue weighted by atomic mass is 16.6. The first kappa shape index (κ1) is 27.3. The van der Waals surface area contributed by atoms with Crippen LogP contribution in [-0.4, -0.2) is 82.7 Å². The van der Waals surface area contributed by atoms with Crippen LogP contribution < -0.4 is 9.47 Å². The van der Waals surface area contributed by atoms with E-state index in [0.29, 0.717) is 36.4 Å². The van der Waals surface area contributed by atoms with Gasteiger partial charge in [-0.3, -0.25) is 4.79 Å². The van der Waals surface area contributed by atoms with E-state index in [1.165, 1.54) is 0 Å². The molecule has 1 saturated heterocycles. The summed E-state index contributed by atoms with van der Waals surface area (Å²) in [4.78, 5) is 39.3. The fraction of sp³-hybridized carbons (Fsp3) is 0.433. The zero-order chi connectivity index (χ0) is 29.1. The zero-order valence-electron chi connectivity index (χ0n) is 22.6. The van der Waals surface area contributed by atoms with Crippen molar-refractivity contribution in [3.63, 3.8) is 0 Å². The van der Waals surface area contributed by atoms with Gasteiger partial charge < -0.3 is 39.2 Å². The second-order valence-electron chi connectivity index (χ2n) is 11.0. The molecule has 216 valence electrons. The average molecular weight is 566 g/mol. The van der Waals surface area contributed by atoms with Gasteiger partial charge in [0.1, 0.15) is 5.76 Å². The molecule has 1 spiro atoms. The molecule has 2 heterocycles. The molecule has 6 atom stereocenters. The Kier molecular flexibility index (Phi) is 6.55. The number of hydrogen-bond acceptors (Lipinski definition) is 10. The molecule has 1 unspecified atom stereocenters. The molecule has 2 aromatic carbocycles. The number of hydrogen-bond donors (Lipinski definition) is 3. The van der Waals surface area contributed by atoms with Crippen molar-refractivity contribution in [2.75, 3.05) is 20.7 Å². The highest BCUT2D eigenvalue weighted by molar-refractivity contribution is 5.84. The summed E-state index contributed by atoms with van der Waals surface area (Å²) in [6.07, 6.45) is -2.14. The number of carboxylic acid groups (broad SMARTS) is 1. The first-order valence-electron chi connectivity index (χ1n) is 13.5. The third-order valence-corrected chi connectivity index (χ3v) is 8.99. The van der Waals surface area contributed by atoms with Crippen LogP contribution in [0.3, 0.4) is 0 Å².